The fourth-order valence-corrected chi connectivity index (χ4v) is 3.20. The van der Waals surface area contributed by atoms with Gasteiger partial charge in [0.2, 0.25) is 5.89 Å². The molecule has 0 saturated heterocycles. The van der Waals surface area contributed by atoms with Crippen molar-refractivity contribution in [2.75, 3.05) is 6.54 Å². The number of rotatable bonds is 4. The maximum atomic E-state index is 5.71. The van der Waals surface area contributed by atoms with Crippen molar-refractivity contribution in [3.8, 4) is 11.6 Å². The summed E-state index contributed by atoms with van der Waals surface area (Å²) in [4.78, 5) is 6.74. The summed E-state index contributed by atoms with van der Waals surface area (Å²) in [5.74, 6) is 2.42. The Bertz CT molecular complexity index is 801. The van der Waals surface area contributed by atoms with Crippen molar-refractivity contribution in [3.63, 3.8) is 0 Å². The Hall–Kier alpha value is -2.34. The first-order chi connectivity index (χ1) is 11.2. The van der Waals surface area contributed by atoms with Crippen molar-refractivity contribution in [2.24, 2.45) is 0 Å². The van der Waals surface area contributed by atoms with Crippen LogP contribution in [0.2, 0.25) is 0 Å². The number of fused-ring (bicyclic) bond motifs is 1. The average Bonchev–Trinajstić information content (AvgIpc) is 3.27. The smallest absolute Gasteiger partial charge is 0.247 e. The fourth-order valence-electron chi connectivity index (χ4n) is 3.20. The monoisotopic (exact) mass is 312 g/mol. The Morgan fingerprint density at radius 3 is 2.96 bits per heavy atom. The number of hydrogen-bond acceptors (Lipinski definition) is 5. The van der Waals surface area contributed by atoms with Gasteiger partial charge >= 0.3 is 0 Å². The summed E-state index contributed by atoms with van der Waals surface area (Å²) in [6, 6.07) is 3.95. The van der Waals surface area contributed by atoms with Crippen molar-refractivity contribution < 1.29 is 8.83 Å². The minimum Gasteiger partial charge on any atom is -0.468 e. The van der Waals surface area contributed by atoms with Gasteiger partial charge in [0.15, 0.2) is 5.69 Å². The van der Waals surface area contributed by atoms with Crippen LogP contribution in [0.4, 0.5) is 0 Å². The molecule has 0 bridgehead atoms. The first kappa shape index (κ1) is 14.3. The lowest BCUT2D eigenvalue weighted by atomic mass is 10.0. The van der Waals surface area contributed by atoms with Crippen LogP contribution in [0.1, 0.15) is 29.7 Å². The molecular formula is C17H20N4O2. The van der Waals surface area contributed by atoms with Crippen LogP contribution in [0.5, 0.6) is 0 Å². The molecule has 0 fully saturated rings. The maximum absolute atomic E-state index is 5.71. The zero-order valence-electron chi connectivity index (χ0n) is 13.5. The lowest BCUT2D eigenvalue weighted by Gasteiger charge is -2.26. The van der Waals surface area contributed by atoms with Gasteiger partial charge in [-0.3, -0.25) is 9.58 Å². The van der Waals surface area contributed by atoms with E-state index in [1.807, 2.05) is 19.1 Å². The Kier molecular flexibility index (Phi) is 3.53. The van der Waals surface area contributed by atoms with E-state index in [0.29, 0.717) is 5.89 Å². The van der Waals surface area contributed by atoms with Crippen LogP contribution < -0.4 is 0 Å². The van der Waals surface area contributed by atoms with Gasteiger partial charge in [-0.1, -0.05) is 0 Å². The van der Waals surface area contributed by atoms with Crippen molar-refractivity contribution in [1.29, 1.82) is 0 Å². The summed E-state index contributed by atoms with van der Waals surface area (Å²) >= 11 is 0. The van der Waals surface area contributed by atoms with Gasteiger partial charge in [-0.25, -0.2) is 4.98 Å². The fraction of sp³-hybridized carbons (Fsp3) is 0.412. The quantitative estimate of drug-likeness (QED) is 0.741. The molecule has 1 aliphatic rings. The normalized spacial score (nSPS) is 15.0. The molecule has 0 aliphatic carbocycles. The van der Waals surface area contributed by atoms with E-state index in [2.05, 4.69) is 21.5 Å². The number of hydrogen-bond donors (Lipinski definition) is 0. The second-order valence-electron chi connectivity index (χ2n) is 5.91. The first-order valence-corrected chi connectivity index (χ1v) is 8.00. The van der Waals surface area contributed by atoms with E-state index in [9.17, 15) is 0 Å². The van der Waals surface area contributed by atoms with Crippen LogP contribution >= 0.6 is 0 Å². The molecular weight excluding hydrogens is 292 g/mol. The zero-order valence-corrected chi connectivity index (χ0v) is 13.5. The zero-order chi connectivity index (χ0) is 15.8. The second kappa shape index (κ2) is 5.70. The molecule has 0 radical (unpaired) electrons. The Morgan fingerprint density at radius 1 is 1.35 bits per heavy atom. The third kappa shape index (κ3) is 2.59. The third-order valence-corrected chi connectivity index (χ3v) is 4.30. The summed E-state index contributed by atoms with van der Waals surface area (Å²) in [5.41, 5.74) is 3.40. The summed E-state index contributed by atoms with van der Waals surface area (Å²) in [6.07, 6.45) is 4.45. The van der Waals surface area contributed by atoms with Gasteiger partial charge in [-0.05, 0) is 26.0 Å². The Balaban J connectivity index is 1.67. The Morgan fingerprint density at radius 2 is 2.26 bits per heavy atom. The first-order valence-electron chi connectivity index (χ1n) is 8.00. The summed E-state index contributed by atoms with van der Waals surface area (Å²) in [6.45, 7) is 7.54. The highest BCUT2D eigenvalue weighted by atomic mass is 16.4. The average molecular weight is 312 g/mol. The molecule has 23 heavy (non-hydrogen) atoms. The van der Waals surface area contributed by atoms with E-state index in [0.717, 1.165) is 49.8 Å². The molecule has 120 valence electrons. The van der Waals surface area contributed by atoms with Crippen molar-refractivity contribution in [1.82, 2.24) is 19.7 Å². The molecule has 4 rings (SSSR count). The largest absolute Gasteiger partial charge is 0.468 e. The summed E-state index contributed by atoms with van der Waals surface area (Å²) < 4.78 is 13.3. The van der Waals surface area contributed by atoms with Gasteiger partial charge in [0.25, 0.3) is 0 Å². The maximum Gasteiger partial charge on any atom is 0.247 e. The molecule has 4 heterocycles. The van der Waals surface area contributed by atoms with E-state index in [4.69, 9.17) is 13.9 Å². The summed E-state index contributed by atoms with van der Waals surface area (Å²) in [5, 5.41) is 4.74. The minimum atomic E-state index is 0.616. The molecule has 0 unspecified atom stereocenters. The second-order valence-corrected chi connectivity index (χ2v) is 5.91. The molecule has 6 nitrogen and oxygen atoms in total. The van der Waals surface area contributed by atoms with Crippen LogP contribution in [0, 0.1) is 6.92 Å². The summed E-state index contributed by atoms with van der Waals surface area (Å²) in [7, 11) is 0. The van der Waals surface area contributed by atoms with Crippen molar-refractivity contribution >= 4 is 0 Å². The van der Waals surface area contributed by atoms with Gasteiger partial charge in [0.1, 0.15) is 11.5 Å². The van der Waals surface area contributed by atoms with Crippen molar-refractivity contribution in [2.45, 2.75) is 39.9 Å². The molecule has 0 N–H and O–H groups in total. The highest BCUT2D eigenvalue weighted by molar-refractivity contribution is 5.55. The molecule has 0 atom stereocenters. The van der Waals surface area contributed by atoms with Crippen LogP contribution in [0.15, 0.2) is 33.4 Å². The Labute approximate surface area is 134 Å². The van der Waals surface area contributed by atoms with Gasteiger partial charge in [0.05, 0.1) is 19.0 Å². The number of furan rings is 1. The predicted molar refractivity (Wildman–Crippen MR) is 84.7 cm³/mol. The molecule has 0 amide bonds. The highest BCUT2D eigenvalue weighted by Crippen LogP contribution is 2.30. The lowest BCUT2D eigenvalue weighted by molar-refractivity contribution is 0.223. The highest BCUT2D eigenvalue weighted by Gasteiger charge is 2.27. The van der Waals surface area contributed by atoms with E-state index in [1.54, 1.807) is 12.5 Å². The van der Waals surface area contributed by atoms with E-state index < -0.39 is 0 Å². The number of oxazole rings is 1. The molecule has 0 spiro atoms. The van der Waals surface area contributed by atoms with Crippen LogP contribution in [0.3, 0.4) is 0 Å². The van der Waals surface area contributed by atoms with Crippen LogP contribution in [-0.2, 0) is 26.1 Å². The van der Waals surface area contributed by atoms with Gasteiger partial charge in [0, 0.05) is 37.3 Å². The number of nitrogens with zero attached hydrogens (tertiary/aromatic N) is 4. The SMILES string of the molecule is CCn1nc(-c2ncc(C)o2)c2c1CCN(Cc1ccco1)C2. The van der Waals surface area contributed by atoms with E-state index in [1.165, 1.54) is 11.3 Å². The molecule has 3 aromatic heterocycles. The molecule has 6 heteroatoms. The van der Waals surface area contributed by atoms with E-state index in [-0.39, 0.29) is 0 Å². The predicted octanol–water partition coefficient (Wildman–Crippen LogP) is 3.02. The minimum absolute atomic E-state index is 0.616. The van der Waals surface area contributed by atoms with Gasteiger partial charge in [-0.2, -0.15) is 5.10 Å². The van der Waals surface area contributed by atoms with Gasteiger partial charge in [-0.15, -0.1) is 0 Å². The van der Waals surface area contributed by atoms with Crippen molar-refractivity contribution in [3.05, 3.63) is 47.4 Å². The van der Waals surface area contributed by atoms with E-state index >= 15 is 0 Å². The topological polar surface area (TPSA) is 60.2 Å². The van der Waals surface area contributed by atoms with Gasteiger partial charge < -0.3 is 8.83 Å². The number of aromatic nitrogens is 3. The number of aryl methyl sites for hydroxylation is 2. The standard InChI is InChI=1S/C17H20N4O2/c1-3-21-15-6-7-20(10-13-5-4-8-22-13)11-14(15)16(19-21)17-18-9-12(2)23-17/h4-5,8-9H,3,6-7,10-11H2,1-2H3. The molecule has 1 aliphatic heterocycles. The molecule has 0 saturated carbocycles. The third-order valence-electron chi connectivity index (χ3n) is 4.30. The van der Waals surface area contributed by atoms with Crippen LogP contribution in [0.25, 0.3) is 11.6 Å². The molecule has 3 aromatic rings. The van der Waals surface area contributed by atoms with Crippen LogP contribution in [-0.4, -0.2) is 26.2 Å². The molecule has 0 aromatic carbocycles. The lowest BCUT2D eigenvalue weighted by Crippen LogP contribution is -2.30.